The maximum Gasteiger partial charge on any atom is 0.339 e. The van der Waals surface area contributed by atoms with Crippen LogP contribution in [0, 0.1) is 13.8 Å². The number of nitrogens with zero attached hydrogens (tertiary/aromatic N) is 1. The molecule has 1 aliphatic carbocycles. The second kappa shape index (κ2) is 9.09. The van der Waals surface area contributed by atoms with E-state index in [4.69, 9.17) is 4.74 Å². The number of carbonyl (C=O) groups excluding carboxylic acids is 2. The number of aryl methyl sites for hydroxylation is 1. The molecule has 1 aromatic heterocycles. The van der Waals surface area contributed by atoms with Crippen molar-refractivity contribution in [3.05, 3.63) is 47.2 Å². The molecule has 0 aliphatic heterocycles. The van der Waals surface area contributed by atoms with Crippen molar-refractivity contribution in [1.29, 1.82) is 0 Å². The zero-order valence-electron chi connectivity index (χ0n) is 17.1. The first kappa shape index (κ1) is 20.2. The predicted molar refractivity (Wildman–Crippen MR) is 110 cm³/mol. The Kier molecular flexibility index (Phi) is 6.55. The van der Waals surface area contributed by atoms with E-state index in [0.717, 1.165) is 29.8 Å². The van der Waals surface area contributed by atoms with Crippen molar-refractivity contribution in [3.63, 3.8) is 0 Å². The maximum absolute atomic E-state index is 12.4. The highest BCUT2D eigenvalue weighted by molar-refractivity contribution is 5.92. The Bertz CT molecular complexity index is 830. The smallest absolute Gasteiger partial charge is 0.339 e. The zero-order valence-corrected chi connectivity index (χ0v) is 17.1. The zero-order chi connectivity index (χ0) is 20.1. The van der Waals surface area contributed by atoms with E-state index in [-0.39, 0.29) is 11.9 Å². The van der Waals surface area contributed by atoms with Gasteiger partial charge < -0.3 is 14.6 Å². The molecule has 0 bridgehead atoms. The molecule has 150 valence electrons. The Morgan fingerprint density at radius 2 is 1.82 bits per heavy atom. The number of rotatable bonds is 7. The molecular formula is C23H30N2O3. The van der Waals surface area contributed by atoms with E-state index in [0.29, 0.717) is 31.2 Å². The summed E-state index contributed by atoms with van der Waals surface area (Å²) in [4.78, 5) is 24.8. The molecule has 3 rings (SSSR count). The molecule has 5 nitrogen and oxygen atoms in total. The van der Waals surface area contributed by atoms with E-state index < -0.39 is 0 Å². The Hall–Kier alpha value is -2.56. The fraction of sp³-hybridized carbons (Fsp3) is 0.478. The number of esters is 1. The van der Waals surface area contributed by atoms with Crippen LogP contribution in [0.15, 0.2) is 30.3 Å². The van der Waals surface area contributed by atoms with Gasteiger partial charge in [-0.15, -0.1) is 0 Å². The number of benzene rings is 1. The monoisotopic (exact) mass is 382 g/mol. The first-order chi connectivity index (χ1) is 13.5. The first-order valence-corrected chi connectivity index (χ1v) is 10.2. The highest BCUT2D eigenvalue weighted by atomic mass is 16.5. The highest BCUT2D eigenvalue weighted by Gasteiger charge is 2.21. The molecule has 1 fully saturated rings. The van der Waals surface area contributed by atoms with Gasteiger partial charge in [0, 0.05) is 30.4 Å². The summed E-state index contributed by atoms with van der Waals surface area (Å²) in [6.45, 7) is 6.64. The van der Waals surface area contributed by atoms with Crippen LogP contribution in [0.1, 0.15) is 60.6 Å². The lowest BCUT2D eigenvalue weighted by atomic mass is 10.1. The molecule has 0 spiro atoms. The summed E-state index contributed by atoms with van der Waals surface area (Å²) in [5.74, 6) is -0.241. The van der Waals surface area contributed by atoms with E-state index in [1.807, 2.05) is 32.0 Å². The molecule has 5 heteroatoms. The van der Waals surface area contributed by atoms with Crippen LogP contribution in [0.3, 0.4) is 0 Å². The van der Waals surface area contributed by atoms with Crippen LogP contribution in [-0.4, -0.2) is 29.1 Å². The van der Waals surface area contributed by atoms with E-state index >= 15 is 0 Å². The Morgan fingerprint density at radius 1 is 1.14 bits per heavy atom. The van der Waals surface area contributed by atoms with Crippen molar-refractivity contribution in [2.45, 2.75) is 65.5 Å². The molecule has 1 heterocycles. The van der Waals surface area contributed by atoms with Crippen LogP contribution >= 0.6 is 0 Å². The normalized spacial score (nSPS) is 14.2. The summed E-state index contributed by atoms with van der Waals surface area (Å²) in [6.07, 6.45) is 4.95. The second-order valence-electron chi connectivity index (χ2n) is 7.57. The van der Waals surface area contributed by atoms with Crippen LogP contribution in [0.2, 0.25) is 0 Å². The van der Waals surface area contributed by atoms with Crippen molar-refractivity contribution < 1.29 is 14.3 Å². The third-order valence-corrected chi connectivity index (χ3v) is 5.49. The third-order valence-electron chi connectivity index (χ3n) is 5.49. The van der Waals surface area contributed by atoms with Crippen molar-refractivity contribution in [3.8, 4) is 11.3 Å². The summed E-state index contributed by atoms with van der Waals surface area (Å²) >= 11 is 0. The molecule has 1 saturated carbocycles. The fourth-order valence-corrected chi connectivity index (χ4v) is 3.90. The number of ether oxygens (including phenoxy) is 1. The van der Waals surface area contributed by atoms with E-state index in [9.17, 15) is 9.59 Å². The molecule has 1 aliphatic rings. The summed E-state index contributed by atoms with van der Waals surface area (Å²) in [7, 11) is 0. The average molecular weight is 383 g/mol. The second-order valence-corrected chi connectivity index (χ2v) is 7.57. The van der Waals surface area contributed by atoms with Crippen LogP contribution in [-0.2, 0) is 16.1 Å². The molecule has 0 atom stereocenters. The van der Waals surface area contributed by atoms with Crippen LogP contribution < -0.4 is 5.32 Å². The number of amides is 1. The summed E-state index contributed by atoms with van der Waals surface area (Å²) < 4.78 is 7.28. The highest BCUT2D eigenvalue weighted by Crippen LogP contribution is 2.27. The van der Waals surface area contributed by atoms with Crippen molar-refractivity contribution >= 4 is 11.9 Å². The average Bonchev–Trinajstić information content (AvgIpc) is 3.29. The quantitative estimate of drug-likeness (QED) is 0.722. The van der Waals surface area contributed by atoms with E-state index in [2.05, 4.69) is 22.0 Å². The van der Waals surface area contributed by atoms with Crippen molar-refractivity contribution in [2.24, 2.45) is 0 Å². The molecule has 1 amide bonds. The minimum Gasteiger partial charge on any atom is -0.462 e. The minimum absolute atomic E-state index is 0.0764. The maximum atomic E-state index is 12.4. The first-order valence-electron chi connectivity index (χ1n) is 10.2. The largest absolute Gasteiger partial charge is 0.462 e. The van der Waals surface area contributed by atoms with Gasteiger partial charge in [-0.3, -0.25) is 4.79 Å². The van der Waals surface area contributed by atoms with Gasteiger partial charge in [-0.2, -0.15) is 0 Å². The van der Waals surface area contributed by atoms with Gasteiger partial charge in [0.25, 0.3) is 0 Å². The lowest BCUT2D eigenvalue weighted by Gasteiger charge is -2.15. The molecule has 28 heavy (non-hydrogen) atoms. The molecule has 0 saturated heterocycles. The van der Waals surface area contributed by atoms with Gasteiger partial charge in [0.2, 0.25) is 5.91 Å². The Balaban J connectivity index is 1.83. The number of aromatic nitrogens is 1. The SMILES string of the molecule is CCOC(=O)c1cc(-c2ccc(C)cc2)n(CCC(=O)NC2CCCC2)c1C. The van der Waals surface area contributed by atoms with Crippen LogP contribution in [0.4, 0.5) is 0 Å². The Morgan fingerprint density at radius 3 is 2.46 bits per heavy atom. The van der Waals surface area contributed by atoms with Gasteiger partial charge in [0.05, 0.1) is 12.2 Å². The number of nitrogens with one attached hydrogen (secondary N) is 1. The van der Waals surface area contributed by atoms with Crippen LogP contribution in [0.25, 0.3) is 11.3 Å². The lowest BCUT2D eigenvalue weighted by Crippen LogP contribution is -2.33. The number of hydrogen-bond donors (Lipinski definition) is 1. The van der Waals surface area contributed by atoms with Gasteiger partial charge in [-0.1, -0.05) is 42.7 Å². The summed E-state index contributed by atoms with van der Waals surface area (Å²) in [5, 5.41) is 3.14. The van der Waals surface area contributed by atoms with Crippen LogP contribution in [0.5, 0.6) is 0 Å². The Labute approximate surface area is 167 Å². The number of carbonyl (C=O) groups is 2. The van der Waals surface area contributed by atoms with Gasteiger partial charge in [-0.25, -0.2) is 4.79 Å². The molecule has 0 unspecified atom stereocenters. The van der Waals surface area contributed by atoms with E-state index in [1.54, 1.807) is 6.92 Å². The number of hydrogen-bond acceptors (Lipinski definition) is 3. The molecule has 2 aromatic rings. The van der Waals surface area contributed by atoms with Gasteiger partial charge >= 0.3 is 5.97 Å². The third kappa shape index (κ3) is 4.64. The molecular weight excluding hydrogens is 352 g/mol. The van der Waals surface area contributed by atoms with Gasteiger partial charge in [0.1, 0.15) is 0 Å². The van der Waals surface area contributed by atoms with Crippen molar-refractivity contribution in [1.82, 2.24) is 9.88 Å². The summed E-state index contributed by atoms with van der Waals surface area (Å²) in [5.41, 5.74) is 4.55. The fourth-order valence-electron chi connectivity index (χ4n) is 3.90. The predicted octanol–water partition coefficient (Wildman–Crippen LogP) is 4.40. The summed E-state index contributed by atoms with van der Waals surface area (Å²) in [6, 6.07) is 10.4. The minimum atomic E-state index is -0.317. The topological polar surface area (TPSA) is 60.3 Å². The molecule has 1 aromatic carbocycles. The molecule has 1 N–H and O–H groups in total. The lowest BCUT2D eigenvalue weighted by molar-refractivity contribution is -0.122. The van der Waals surface area contributed by atoms with Crippen molar-refractivity contribution in [2.75, 3.05) is 6.61 Å². The van der Waals surface area contributed by atoms with Gasteiger partial charge in [-0.05, 0) is 45.2 Å². The van der Waals surface area contributed by atoms with E-state index in [1.165, 1.54) is 18.4 Å². The molecule has 0 radical (unpaired) electrons. The standard InChI is InChI=1S/C23H30N2O3/c1-4-28-23(27)20-15-21(18-11-9-16(2)10-12-18)25(17(20)3)14-13-22(26)24-19-7-5-6-8-19/h9-12,15,19H,4-8,13-14H2,1-3H3,(H,24,26). The van der Waals surface area contributed by atoms with Gasteiger partial charge in [0.15, 0.2) is 0 Å².